The summed E-state index contributed by atoms with van der Waals surface area (Å²) < 4.78 is 38.1. The number of anilines is 1. The average molecular weight is 370 g/mol. The Hall–Kier alpha value is -2.80. The topological polar surface area (TPSA) is 68.7 Å². The van der Waals surface area contributed by atoms with Gasteiger partial charge in [0, 0.05) is 11.9 Å². The number of hydrogen-bond donors (Lipinski definition) is 0. The fourth-order valence-corrected chi connectivity index (χ4v) is 4.66. The molecular weight excluding hydrogens is 352 g/mol. The molecule has 1 aromatic heterocycles. The van der Waals surface area contributed by atoms with Crippen LogP contribution in [0.4, 0.5) is 5.82 Å². The molecule has 0 unspecified atom stereocenters. The molecule has 2 aromatic carbocycles. The molecule has 7 heteroatoms. The third kappa shape index (κ3) is 2.55. The summed E-state index contributed by atoms with van der Waals surface area (Å²) in [7, 11) is -0.568. The quantitative estimate of drug-likeness (QED) is 0.706. The van der Waals surface area contributed by atoms with E-state index in [0.717, 1.165) is 10.9 Å². The van der Waals surface area contributed by atoms with Gasteiger partial charge in [-0.1, -0.05) is 12.1 Å². The molecule has 0 amide bonds. The molecule has 1 aliphatic heterocycles. The molecule has 134 valence electrons. The summed E-state index contributed by atoms with van der Waals surface area (Å²) in [6.07, 6.45) is 0.630. The molecular formula is C19H18N2O4S. The van der Waals surface area contributed by atoms with E-state index < -0.39 is 10.0 Å². The van der Waals surface area contributed by atoms with E-state index in [-0.39, 0.29) is 4.90 Å². The highest BCUT2D eigenvalue weighted by molar-refractivity contribution is 7.92. The number of ether oxygens (including phenoxy) is 2. The Morgan fingerprint density at radius 1 is 1.04 bits per heavy atom. The molecule has 26 heavy (non-hydrogen) atoms. The predicted molar refractivity (Wildman–Crippen MR) is 99.5 cm³/mol. The number of methoxy groups -OCH3 is 2. The van der Waals surface area contributed by atoms with Crippen molar-refractivity contribution < 1.29 is 17.9 Å². The van der Waals surface area contributed by atoms with Crippen molar-refractivity contribution in [3.8, 4) is 11.5 Å². The van der Waals surface area contributed by atoms with Crippen LogP contribution < -0.4 is 13.8 Å². The van der Waals surface area contributed by atoms with Crippen LogP contribution in [0, 0.1) is 0 Å². The maximum Gasteiger partial charge on any atom is 0.265 e. The highest BCUT2D eigenvalue weighted by atomic mass is 32.2. The summed E-state index contributed by atoms with van der Waals surface area (Å²) in [6.45, 7) is 0.370. The number of para-hydroxylation sites is 1. The van der Waals surface area contributed by atoms with Gasteiger partial charge in [0.05, 0.1) is 19.1 Å². The highest BCUT2D eigenvalue weighted by Crippen LogP contribution is 2.36. The summed E-state index contributed by atoms with van der Waals surface area (Å²) in [6, 6.07) is 14.0. The fraction of sp³-hybridized carbons (Fsp3) is 0.211. The fourth-order valence-electron chi connectivity index (χ4n) is 3.21. The van der Waals surface area contributed by atoms with E-state index >= 15 is 0 Å². The van der Waals surface area contributed by atoms with Crippen molar-refractivity contribution in [3.63, 3.8) is 0 Å². The molecule has 4 rings (SSSR count). The Labute approximate surface area is 152 Å². The average Bonchev–Trinajstić information content (AvgIpc) is 3.09. The monoisotopic (exact) mass is 370 g/mol. The van der Waals surface area contributed by atoms with E-state index in [1.54, 1.807) is 38.5 Å². The smallest absolute Gasteiger partial charge is 0.265 e. The second-order valence-corrected chi connectivity index (χ2v) is 7.87. The zero-order valence-electron chi connectivity index (χ0n) is 14.5. The molecule has 0 spiro atoms. The first-order valence-electron chi connectivity index (χ1n) is 8.18. The SMILES string of the molecule is COc1ccc(S(=O)(=O)N2CCc3cc4cccc(OC)c4nc32)cc1. The Bertz CT molecular complexity index is 1080. The number of pyridine rings is 1. The van der Waals surface area contributed by atoms with Crippen molar-refractivity contribution >= 4 is 26.7 Å². The van der Waals surface area contributed by atoms with Crippen LogP contribution in [0.1, 0.15) is 5.56 Å². The first-order valence-corrected chi connectivity index (χ1v) is 9.62. The Morgan fingerprint density at radius 3 is 2.50 bits per heavy atom. The largest absolute Gasteiger partial charge is 0.497 e. The van der Waals surface area contributed by atoms with Crippen molar-refractivity contribution in [2.45, 2.75) is 11.3 Å². The van der Waals surface area contributed by atoms with Gasteiger partial charge in [0.2, 0.25) is 0 Å². The molecule has 0 fully saturated rings. The second-order valence-electron chi connectivity index (χ2n) is 6.01. The van der Waals surface area contributed by atoms with Gasteiger partial charge in [0.15, 0.2) is 0 Å². The maximum atomic E-state index is 13.1. The molecule has 0 aliphatic carbocycles. The summed E-state index contributed by atoms with van der Waals surface area (Å²) >= 11 is 0. The van der Waals surface area contributed by atoms with E-state index in [4.69, 9.17) is 9.47 Å². The van der Waals surface area contributed by atoms with Gasteiger partial charge in [-0.2, -0.15) is 0 Å². The normalized spacial score (nSPS) is 13.7. The Morgan fingerprint density at radius 2 is 1.81 bits per heavy atom. The lowest BCUT2D eigenvalue weighted by molar-refractivity contribution is 0.414. The van der Waals surface area contributed by atoms with E-state index in [1.807, 2.05) is 24.3 Å². The Kier molecular flexibility index (Phi) is 3.96. The summed E-state index contributed by atoms with van der Waals surface area (Å²) in [5, 5.41) is 0.937. The van der Waals surface area contributed by atoms with Gasteiger partial charge in [-0.15, -0.1) is 0 Å². The van der Waals surface area contributed by atoms with Gasteiger partial charge in [-0.25, -0.2) is 17.7 Å². The van der Waals surface area contributed by atoms with Gasteiger partial charge in [-0.05, 0) is 48.4 Å². The third-order valence-corrected chi connectivity index (χ3v) is 6.36. The van der Waals surface area contributed by atoms with Gasteiger partial charge in [0.25, 0.3) is 10.0 Å². The number of hydrogen-bond acceptors (Lipinski definition) is 5. The summed E-state index contributed by atoms with van der Waals surface area (Å²) in [5.74, 6) is 1.71. The lowest BCUT2D eigenvalue weighted by Gasteiger charge is -2.19. The van der Waals surface area contributed by atoms with Crippen LogP contribution in [-0.2, 0) is 16.4 Å². The van der Waals surface area contributed by atoms with Gasteiger partial charge in [0.1, 0.15) is 22.8 Å². The molecule has 0 bridgehead atoms. The van der Waals surface area contributed by atoms with Crippen molar-refractivity contribution in [2.75, 3.05) is 25.1 Å². The zero-order chi connectivity index (χ0) is 18.3. The van der Waals surface area contributed by atoms with Crippen LogP contribution in [0.25, 0.3) is 10.9 Å². The molecule has 0 saturated carbocycles. The standard InChI is InChI=1S/C19H18N2O4S/c1-24-15-6-8-16(9-7-15)26(22,23)21-11-10-14-12-13-4-3-5-17(25-2)18(13)20-19(14)21/h3-9,12H,10-11H2,1-2H3. The van der Waals surface area contributed by atoms with Gasteiger partial charge < -0.3 is 9.47 Å². The highest BCUT2D eigenvalue weighted by Gasteiger charge is 2.32. The van der Waals surface area contributed by atoms with Gasteiger partial charge >= 0.3 is 0 Å². The van der Waals surface area contributed by atoms with Crippen LogP contribution in [-0.4, -0.2) is 34.2 Å². The number of benzene rings is 2. The first-order chi connectivity index (χ1) is 12.5. The molecule has 3 aromatic rings. The lowest BCUT2D eigenvalue weighted by Crippen LogP contribution is -2.29. The molecule has 0 saturated heterocycles. The van der Waals surface area contributed by atoms with Crippen LogP contribution in [0.2, 0.25) is 0 Å². The van der Waals surface area contributed by atoms with Crippen molar-refractivity contribution in [1.82, 2.24) is 4.98 Å². The van der Waals surface area contributed by atoms with Crippen LogP contribution >= 0.6 is 0 Å². The Balaban J connectivity index is 1.82. The minimum atomic E-state index is -3.69. The van der Waals surface area contributed by atoms with Crippen molar-refractivity contribution in [3.05, 3.63) is 54.1 Å². The summed E-state index contributed by atoms with van der Waals surface area (Å²) in [5.41, 5.74) is 1.58. The number of aromatic nitrogens is 1. The molecule has 2 heterocycles. The molecule has 1 aliphatic rings. The minimum absolute atomic E-state index is 0.216. The molecule has 6 nitrogen and oxygen atoms in total. The number of nitrogens with zero attached hydrogens (tertiary/aromatic N) is 2. The van der Waals surface area contributed by atoms with E-state index in [9.17, 15) is 8.42 Å². The van der Waals surface area contributed by atoms with Gasteiger partial charge in [-0.3, -0.25) is 0 Å². The van der Waals surface area contributed by atoms with Crippen LogP contribution in [0.15, 0.2) is 53.4 Å². The molecule has 0 atom stereocenters. The van der Waals surface area contributed by atoms with Crippen molar-refractivity contribution in [2.24, 2.45) is 0 Å². The van der Waals surface area contributed by atoms with Crippen molar-refractivity contribution in [1.29, 1.82) is 0 Å². The maximum absolute atomic E-state index is 13.1. The number of fused-ring (bicyclic) bond motifs is 2. The van der Waals surface area contributed by atoms with E-state index in [2.05, 4.69) is 4.98 Å². The lowest BCUT2D eigenvalue weighted by atomic mass is 10.1. The van der Waals surface area contributed by atoms with E-state index in [0.29, 0.717) is 35.8 Å². The summed E-state index contributed by atoms with van der Waals surface area (Å²) in [4.78, 5) is 4.85. The first kappa shape index (κ1) is 16.7. The third-order valence-electron chi connectivity index (χ3n) is 4.55. The zero-order valence-corrected chi connectivity index (χ0v) is 15.3. The number of rotatable bonds is 4. The van der Waals surface area contributed by atoms with E-state index in [1.165, 1.54) is 4.31 Å². The van der Waals surface area contributed by atoms with Crippen LogP contribution in [0.5, 0.6) is 11.5 Å². The van der Waals surface area contributed by atoms with Crippen LogP contribution in [0.3, 0.4) is 0 Å². The second kappa shape index (κ2) is 6.17. The molecule has 0 radical (unpaired) electrons. The number of sulfonamides is 1. The predicted octanol–water partition coefficient (Wildman–Crippen LogP) is 3.00. The minimum Gasteiger partial charge on any atom is -0.497 e. The molecule has 0 N–H and O–H groups in total.